The van der Waals surface area contributed by atoms with Crippen LogP contribution in [0, 0.1) is 6.92 Å². The zero-order chi connectivity index (χ0) is 14.0. The summed E-state index contributed by atoms with van der Waals surface area (Å²) >= 11 is 0.570. The predicted octanol–water partition coefficient (Wildman–Crippen LogP) is 2.42. The van der Waals surface area contributed by atoms with Crippen molar-refractivity contribution in [2.75, 3.05) is 0 Å². The molecule has 102 valence electrons. The van der Waals surface area contributed by atoms with Gasteiger partial charge in [-0.15, -0.1) is 11.3 Å². The molecular weight excluding hydrogens is 277 g/mol. The van der Waals surface area contributed by atoms with Gasteiger partial charge in [0, 0.05) is 23.0 Å². The SMILES string of the molecule is Cc1ncccc1C(NN)c1cnc(C(F)(F)F)s1. The van der Waals surface area contributed by atoms with Crippen LogP contribution in [-0.2, 0) is 6.18 Å². The number of hydrazine groups is 1. The quantitative estimate of drug-likeness (QED) is 0.672. The Morgan fingerprint density at radius 2 is 2.11 bits per heavy atom. The lowest BCUT2D eigenvalue weighted by atomic mass is 10.1. The molecule has 0 saturated heterocycles. The van der Waals surface area contributed by atoms with Gasteiger partial charge in [0.15, 0.2) is 5.01 Å². The van der Waals surface area contributed by atoms with Crippen LogP contribution >= 0.6 is 11.3 Å². The van der Waals surface area contributed by atoms with Crippen molar-refractivity contribution in [2.45, 2.75) is 19.1 Å². The van der Waals surface area contributed by atoms with Gasteiger partial charge in [0.25, 0.3) is 0 Å². The van der Waals surface area contributed by atoms with E-state index in [0.717, 1.165) is 5.56 Å². The van der Waals surface area contributed by atoms with Crippen LogP contribution in [0.3, 0.4) is 0 Å². The third-order valence-electron chi connectivity index (χ3n) is 2.58. The van der Waals surface area contributed by atoms with Gasteiger partial charge in [-0.3, -0.25) is 10.8 Å². The highest BCUT2D eigenvalue weighted by Crippen LogP contribution is 2.36. The van der Waals surface area contributed by atoms with Crippen molar-refractivity contribution in [3.8, 4) is 0 Å². The molecule has 0 spiro atoms. The van der Waals surface area contributed by atoms with Crippen molar-refractivity contribution < 1.29 is 13.2 Å². The van der Waals surface area contributed by atoms with E-state index in [1.165, 1.54) is 6.20 Å². The number of nitrogens with two attached hydrogens (primary N) is 1. The van der Waals surface area contributed by atoms with E-state index in [0.29, 0.717) is 21.9 Å². The maximum Gasteiger partial charge on any atom is 0.443 e. The summed E-state index contributed by atoms with van der Waals surface area (Å²) in [6.07, 6.45) is -1.64. The molecule has 2 rings (SSSR count). The summed E-state index contributed by atoms with van der Waals surface area (Å²) in [4.78, 5) is 7.88. The van der Waals surface area contributed by atoms with E-state index >= 15 is 0 Å². The lowest BCUT2D eigenvalue weighted by molar-refractivity contribution is -0.137. The molecule has 2 aromatic heterocycles. The van der Waals surface area contributed by atoms with Gasteiger partial charge in [-0.2, -0.15) is 13.2 Å². The molecule has 0 aliphatic rings. The lowest BCUT2D eigenvalue weighted by Gasteiger charge is -2.15. The molecule has 19 heavy (non-hydrogen) atoms. The van der Waals surface area contributed by atoms with Crippen LogP contribution in [0.4, 0.5) is 13.2 Å². The van der Waals surface area contributed by atoms with Crippen molar-refractivity contribution in [1.82, 2.24) is 15.4 Å². The van der Waals surface area contributed by atoms with Crippen LogP contribution in [0.15, 0.2) is 24.5 Å². The largest absolute Gasteiger partial charge is 0.443 e. The van der Waals surface area contributed by atoms with Gasteiger partial charge in [0.1, 0.15) is 0 Å². The topological polar surface area (TPSA) is 63.8 Å². The predicted molar refractivity (Wildman–Crippen MR) is 65.3 cm³/mol. The molecule has 0 radical (unpaired) electrons. The first-order valence-corrected chi connectivity index (χ1v) is 6.15. The first kappa shape index (κ1) is 13.9. The second-order valence-corrected chi connectivity index (χ2v) is 4.91. The maximum absolute atomic E-state index is 12.5. The number of hydrogen-bond acceptors (Lipinski definition) is 5. The molecular formula is C11H11F3N4S. The summed E-state index contributed by atoms with van der Waals surface area (Å²) in [7, 11) is 0. The molecule has 4 nitrogen and oxygen atoms in total. The minimum atomic E-state index is -4.44. The van der Waals surface area contributed by atoms with Gasteiger partial charge in [-0.1, -0.05) is 6.07 Å². The monoisotopic (exact) mass is 288 g/mol. The number of rotatable bonds is 3. The van der Waals surface area contributed by atoms with Crippen molar-refractivity contribution >= 4 is 11.3 Å². The Balaban J connectivity index is 2.38. The normalized spacial score (nSPS) is 13.5. The molecule has 0 saturated carbocycles. The second kappa shape index (κ2) is 5.24. The molecule has 2 aromatic rings. The van der Waals surface area contributed by atoms with Gasteiger partial charge >= 0.3 is 6.18 Å². The fourth-order valence-corrected chi connectivity index (χ4v) is 2.54. The van der Waals surface area contributed by atoms with Crippen molar-refractivity contribution in [1.29, 1.82) is 0 Å². The Bertz CT molecular complexity index is 567. The van der Waals surface area contributed by atoms with E-state index in [1.807, 2.05) is 0 Å². The summed E-state index contributed by atoms with van der Waals surface area (Å²) in [6.45, 7) is 1.77. The molecule has 3 N–H and O–H groups in total. The van der Waals surface area contributed by atoms with Crippen LogP contribution in [0.5, 0.6) is 0 Å². The number of alkyl halides is 3. The van der Waals surface area contributed by atoms with Crippen LogP contribution in [0.2, 0.25) is 0 Å². The highest BCUT2D eigenvalue weighted by atomic mass is 32.1. The Hall–Kier alpha value is -1.51. The third kappa shape index (κ3) is 2.91. The van der Waals surface area contributed by atoms with E-state index in [9.17, 15) is 13.2 Å². The van der Waals surface area contributed by atoms with E-state index in [4.69, 9.17) is 5.84 Å². The summed E-state index contributed by atoms with van der Waals surface area (Å²) in [5.74, 6) is 5.44. The Labute approximate surface area is 111 Å². The number of nitrogens with zero attached hydrogens (tertiary/aromatic N) is 2. The lowest BCUT2D eigenvalue weighted by Crippen LogP contribution is -2.28. The Morgan fingerprint density at radius 3 is 2.63 bits per heavy atom. The van der Waals surface area contributed by atoms with E-state index in [-0.39, 0.29) is 0 Å². The van der Waals surface area contributed by atoms with Crippen molar-refractivity contribution in [3.63, 3.8) is 0 Å². The zero-order valence-corrected chi connectivity index (χ0v) is 10.7. The zero-order valence-electron chi connectivity index (χ0n) is 9.90. The second-order valence-electron chi connectivity index (χ2n) is 3.84. The summed E-state index contributed by atoms with van der Waals surface area (Å²) in [5, 5.41) is -0.885. The van der Waals surface area contributed by atoms with Crippen LogP contribution < -0.4 is 11.3 Å². The molecule has 0 aliphatic heterocycles. The average molecular weight is 288 g/mol. The first-order valence-electron chi connectivity index (χ1n) is 5.34. The molecule has 0 amide bonds. The van der Waals surface area contributed by atoms with Gasteiger partial charge in [-0.25, -0.2) is 10.4 Å². The Kier molecular flexibility index (Phi) is 3.83. The molecule has 0 fully saturated rings. The van der Waals surface area contributed by atoms with E-state index in [1.54, 1.807) is 25.3 Å². The fraction of sp³-hybridized carbons (Fsp3) is 0.273. The number of pyridine rings is 1. The molecule has 2 heterocycles. The Morgan fingerprint density at radius 1 is 1.37 bits per heavy atom. The minimum Gasteiger partial charge on any atom is -0.271 e. The average Bonchev–Trinajstić information content (AvgIpc) is 2.82. The van der Waals surface area contributed by atoms with Crippen LogP contribution in [0.25, 0.3) is 0 Å². The maximum atomic E-state index is 12.5. The number of hydrogen-bond donors (Lipinski definition) is 2. The number of nitrogens with one attached hydrogen (secondary N) is 1. The van der Waals surface area contributed by atoms with Gasteiger partial charge in [0.05, 0.1) is 6.04 Å². The molecule has 0 aliphatic carbocycles. The number of thiazole rings is 1. The van der Waals surface area contributed by atoms with E-state index < -0.39 is 17.2 Å². The number of aromatic nitrogens is 2. The van der Waals surface area contributed by atoms with Crippen LogP contribution in [0.1, 0.15) is 27.2 Å². The third-order valence-corrected chi connectivity index (χ3v) is 3.68. The van der Waals surface area contributed by atoms with Gasteiger partial charge < -0.3 is 0 Å². The number of aryl methyl sites for hydroxylation is 1. The van der Waals surface area contributed by atoms with Gasteiger partial charge in [0.2, 0.25) is 0 Å². The fourth-order valence-electron chi connectivity index (χ4n) is 1.68. The molecule has 0 aromatic carbocycles. The molecule has 1 unspecified atom stereocenters. The van der Waals surface area contributed by atoms with E-state index in [2.05, 4.69) is 15.4 Å². The van der Waals surface area contributed by atoms with Gasteiger partial charge in [-0.05, 0) is 18.6 Å². The summed E-state index contributed by atoms with van der Waals surface area (Å²) in [5.41, 5.74) is 3.93. The molecule has 8 heteroatoms. The smallest absolute Gasteiger partial charge is 0.271 e. The van der Waals surface area contributed by atoms with Crippen molar-refractivity contribution in [2.24, 2.45) is 5.84 Å². The highest BCUT2D eigenvalue weighted by molar-refractivity contribution is 7.11. The first-order chi connectivity index (χ1) is 8.93. The molecule has 0 bridgehead atoms. The summed E-state index contributed by atoms with van der Waals surface area (Å²) in [6, 6.07) is 2.92. The number of halogens is 3. The van der Waals surface area contributed by atoms with Crippen LogP contribution in [-0.4, -0.2) is 9.97 Å². The summed E-state index contributed by atoms with van der Waals surface area (Å²) < 4.78 is 37.6. The highest BCUT2D eigenvalue weighted by Gasteiger charge is 2.35. The minimum absolute atomic E-state index is 0.394. The standard InChI is InChI=1S/C11H11F3N4S/c1-6-7(3-2-4-16-6)9(18-15)8-5-17-10(19-8)11(12,13)14/h2-5,9,18H,15H2,1H3. The molecule has 1 atom stereocenters. The van der Waals surface area contributed by atoms with Crippen molar-refractivity contribution in [3.05, 3.63) is 45.7 Å².